The van der Waals surface area contributed by atoms with Gasteiger partial charge in [0.25, 0.3) is 5.91 Å². The second-order valence-corrected chi connectivity index (χ2v) is 6.82. The van der Waals surface area contributed by atoms with E-state index in [-0.39, 0.29) is 5.91 Å². The van der Waals surface area contributed by atoms with Crippen molar-refractivity contribution in [1.82, 2.24) is 5.32 Å². The van der Waals surface area contributed by atoms with Gasteiger partial charge < -0.3 is 10.1 Å². The van der Waals surface area contributed by atoms with Gasteiger partial charge in [0, 0.05) is 12.1 Å². The van der Waals surface area contributed by atoms with Crippen molar-refractivity contribution in [3.63, 3.8) is 0 Å². The van der Waals surface area contributed by atoms with Gasteiger partial charge in [0.2, 0.25) is 6.10 Å². The third-order valence-electron chi connectivity index (χ3n) is 3.88. The normalized spacial score (nSPS) is 11.6. The molecule has 0 saturated carbocycles. The van der Waals surface area contributed by atoms with Crippen LogP contribution in [-0.2, 0) is 16.1 Å². The van der Waals surface area contributed by atoms with Crippen molar-refractivity contribution in [2.45, 2.75) is 19.6 Å². The summed E-state index contributed by atoms with van der Waals surface area (Å²) in [5.74, 6) is -0.844. The summed E-state index contributed by atoms with van der Waals surface area (Å²) >= 11 is 1.29. The van der Waals surface area contributed by atoms with Crippen molar-refractivity contribution >= 4 is 23.2 Å². The molecule has 0 saturated heterocycles. The van der Waals surface area contributed by atoms with Gasteiger partial charge in [-0.05, 0) is 23.9 Å². The molecular weight excluding hydrogens is 346 g/mol. The van der Waals surface area contributed by atoms with E-state index in [1.165, 1.54) is 11.3 Å². The van der Waals surface area contributed by atoms with Gasteiger partial charge in [0.05, 0.1) is 0 Å². The van der Waals surface area contributed by atoms with Gasteiger partial charge in [-0.2, -0.15) is 0 Å². The van der Waals surface area contributed by atoms with E-state index in [9.17, 15) is 9.59 Å². The van der Waals surface area contributed by atoms with Crippen molar-refractivity contribution in [3.05, 3.63) is 93.7 Å². The van der Waals surface area contributed by atoms with E-state index in [1.807, 2.05) is 61.5 Å². The number of ether oxygens (including phenoxy) is 1. The first-order valence-electron chi connectivity index (χ1n) is 8.26. The average molecular weight is 365 g/mol. The Morgan fingerprint density at radius 1 is 1.00 bits per heavy atom. The first kappa shape index (κ1) is 17.9. The molecule has 1 heterocycles. The van der Waals surface area contributed by atoms with Crippen LogP contribution in [0.25, 0.3) is 0 Å². The van der Waals surface area contributed by atoms with E-state index in [0.29, 0.717) is 17.0 Å². The van der Waals surface area contributed by atoms with Crippen molar-refractivity contribution in [3.8, 4) is 0 Å². The molecule has 0 bridgehead atoms. The highest BCUT2D eigenvalue weighted by Crippen LogP contribution is 2.22. The summed E-state index contributed by atoms with van der Waals surface area (Å²) in [5.41, 5.74) is 2.70. The molecule has 2 aromatic carbocycles. The number of aryl methyl sites for hydroxylation is 1. The molecule has 3 aromatic rings. The number of nitrogens with one attached hydrogen (secondary N) is 1. The minimum atomic E-state index is -0.992. The van der Waals surface area contributed by atoms with Gasteiger partial charge in [-0.25, -0.2) is 4.79 Å². The van der Waals surface area contributed by atoms with Gasteiger partial charge in [-0.3, -0.25) is 4.79 Å². The van der Waals surface area contributed by atoms with Crippen LogP contribution < -0.4 is 5.32 Å². The topological polar surface area (TPSA) is 55.4 Å². The lowest BCUT2D eigenvalue weighted by Gasteiger charge is -2.18. The van der Waals surface area contributed by atoms with Crippen molar-refractivity contribution in [1.29, 1.82) is 0 Å². The maximum Gasteiger partial charge on any atom is 0.349 e. The number of esters is 1. The van der Waals surface area contributed by atoms with Crippen LogP contribution in [0.1, 0.15) is 32.5 Å². The Hall–Kier alpha value is -2.92. The molecule has 5 heteroatoms. The molecule has 0 radical (unpaired) electrons. The van der Waals surface area contributed by atoms with Gasteiger partial charge in [-0.1, -0.05) is 66.2 Å². The highest BCUT2D eigenvalue weighted by atomic mass is 32.1. The van der Waals surface area contributed by atoms with Gasteiger partial charge in [0.15, 0.2) is 0 Å². The number of carbonyl (C=O) groups excluding carboxylic acids is 2. The van der Waals surface area contributed by atoms with Gasteiger partial charge >= 0.3 is 5.97 Å². The van der Waals surface area contributed by atoms with Crippen LogP contribution in [0.2, 0.25) is 0 Å². The molecule has 26 heavy (non-hydrogen) atoms. The van der Waals surface area contributed by atoms with E-state index >= 15 is 0 Å². The maximum absolute atomic E-state index is 12.7. The summed E-state index contributed by atoms with van der Waals surface area (Å²) in [4.78, 5) is 25.5. The second-order valence-electron chi connectivity index (χ2n) is 5.88. The Balaban J connectivity index is 1.76. The number of amides is 1. The Labute approximate surface area is 156 Å². The molecule has 0 aliphatic rings. The zero-order chi connectivity index (χ0) is 18.4. The lowest BCUT2D eigenvalue weighted by atomic mass is 10.1. The van der Waals surface area contributed by atoms with E-state index < -0.39 is 12.1 Å². The molecule has 0 unspecified atom stereocenters. The Kier molecular flexibility index (Phi) is 5.81. The third kappa shape index (κ3) is 4.58. The summed E-state index contributed by atoms with van der Waals surface area (Å²) < 4.78 is 5.53. The minimum Gasteiger partial charge on any atom is -0.443 e. The number of rotatable bonds is 6. The smallest absolute Gasteiger partial charge is 0.349 e. The standard InChI is InChI=1S/C21H19NO3S/c1-15-9-11-17(12-10-15)19(25-21(24)18-8-5-13-26-18)20(23)22-14-16-6-3-2-4-7-16/h2-13,19H,14H2,1H3,(H,22,23)/t19-/m1/s1. The largest absolute Gasteiger partial charge is 0.443 e. The molecule has 4 nitrogen and oxygen atoms in total. The molecule has 0 spiro atoms. The highest BCUT2D eigenvalue weighted by Gasteiger charge is 2.25. The lowest BCUT2D eigenvalue weighted by molar-refractivity contribution is -0.130. The highest BCUT2D eigenvalue weighted by molar-refractivity contribution is 7.11. The fraction of sp³-hybridized carbons (Fsp3) is 0.143. The minimum absolute atomic E-state index is 0.345. The predicted molar refractivity (Wildman–Crippen MR) is 102 cm³/mol. The van der Waals surface area contributed by atoms with E-state index in [0.717, 1.165) is 11.1 Å². The Bertz CT molecular complexity index is 858. The van der Waals surface area contributed by atoms with E-state index in [2.05, 4.69) is 5.32 Å². The van der Waals surface area contributed by atoms with Crippen LogP contribution in [0.3, 0.4) is 0 Å². The van der Waals surface area contributed by atoms with Crippen molar-refractivity contribution in [2.24, 2.45) is 0 Å². The molecule has 1 aromatic heterocycles. The summed E-state index contributed by atoms with van der Waals surface area (Å²) in [6.45, 7) is 2.34. The van der Waals surface area contributed by atoms with Crippen LogP contribution >= 0.6 is 11.3 Å². The van der Waals surface area contributed by atoms with Crippen LogP contribution in [0.15, 0.2) is 72.1 Å². The monoisotopic (exact) mass is 365 g/mol. The molecule has 0 aliphatic carbocycles. The zero-order valence-electron chi connectivity index (χ0n) is 14.3. The zero-order valence-corrected chi connectivity index (χ0v) is 15.2. The average Bonchev–Trinajstić information content (AvgIpc) is 3.21. The molecule has 132 valence electrons. The number of hydrogen-bond donors (Lipinski definition) is 1. The molecular formula is C21H19NO3S. The fourth-order valence-corrected chi connectivity index (χ4v) is 3.06. The van der Waals surface area contributed by atoms with E-state index in [1.54, 1.807) is 17.5 Å². The van der Waals surface area contributed by atoms with Crippen LogP contribution in [0, 0.1) is 6.92 Å². The van der Waals surface area contributed by atoms with Crippen LogP contribution in [0.5, 0.6) is 0 Å². The molecule has 1 amide bonds. The maximum atomic E-state index is 12.7. The molecule has 0 fully saturated rings. The molecule has 1 atom stereocenters. The number of carbonyl (C=O) groups is 2. The van der Waals surface area contributed by atoms with Crippen molar-refractivity contribution < 1.29 is 14.3 Å². The molecule has 0 aliphatic heterocycles. The van der Waals surface area contributed by atoms with Gasteiger partial charge in [0.1, 0.15) is 4.88 Å². The number of thiophene rings is 1. The molecule has 3 rings (SSSR count). The Morgan fingerprint density at radius 3 is 2.38 bits per heavy atom. The van der Waals surface area contributed by atoms with Crippen molar-refractivity contribution in [2.75, 3.05) is 0 Å². The fourth-order valence-electron chi connectivity index (χ4n) is 2.45. The first-order valence-corrected chi connectivity index (χ1v) is 9.14. The van der Waals surface area contributed by atoms with Crippen LogP contribution in [0.4, 0.5) is 0 Å². The van der Waals surface area contributed by atoms with Gasteiger partial charge in [-0.15, -0.1) is 11.3 Å². The predicted octanol–water partition coefficient (Wildman–Crippen LogP) is 4.27. The SMILES string of the molecule is Cc1ccc([C@@H](OC(=O)c2cccs2)C(=O)NCc2ccccc2)cc1. The third-order valence-corrected chi connectivity index (χ3v) is 4.72. The first-order chi connectivity index (χ1) is 12.6. The Morgan fingerprint density at radius 2 is 1.73 bits per heavy atom. The summed E-state index contributed by atoms with van der Waals surface area (Å²) in [6.07, 6.45) is -0.992. The lowest BCUT2D eigenvalue weighted by Crippen LogP contribution is -2.31. The summed E-state index contributed by atoms with van der Waals surface area (Å²) in [5, 5.41) is 4.65. The number of benzene rings is 2. The quantitative estimate of drug-likeness (QED) is 0.664. The number of hydrogen-bond acceptors (Lipinski definition) is 4. The second kappa shape index (κ2) is 8.45. The van der Waals surface area contributed by atoms with Crippen LogP contribution in [-0.4, -0.2) is 11.9 Å². The van der Waals surface area contributed by atoms with E-state index in [4.69, 9.17) is 4.74 Å². The molecule has 1 N–H and O–H groups in total. The summed E-state index contributed by atoms with van der Waals surface area (Å²) in [7, 11) is 0. The summed E-state index contributed by atoms with van der Waals surface area (Å²) in [6, 6.07) is 20.5.